The lowest BCUT2D eigenvalue weighted by Crippen LogP contribution is -1.96. The smallest absolute Gasteiger partial charge is 0.160 e. The van der Waals surface area contributed by atoms with Crippen molar-refractivity contribution in [3.63, 3.8) is 0 Å². The van der Waals surface area contributed by atoms with Crippen LogP contribution in [0.5, 0.6) is 0 Å². The van der Waals surface area contributed by atoms with E-state index in [1.807, 2.05) is 18.2 Å². The monoisotopic (exact) mass is 713 g/mol. The van der Waals surface area contributed by atoms with E-state index < -0.39 is 0 Å². The average molecular weight is 714 g/mol. The lowest BCUT2D eigenvalue weighted by molar-refractivity contribution is 1.18. The number of aromatic nitrogens is 3. The van der Waals surface area contributed by atoms with E-state index in [1.165, 1.54) is 22.3 Å². The van der Waals surface area contributed by atoms with Crippen LogP contribution in [0.4, 0.5) is 0 Å². The molecule has 3 nitrogen and oxygen atoms in total. The first-order valence-corrected chi connectivity index (χ1v) is 18.9. The Hall–Kier alpha value is -7.49. The lowest BCUT2D eigenvalue weighted by Gasteiger charge is -2.14. The average Bonchev–Trinajstić information content (AvgIpc) is 3.29. The number of pyridine rings is 1. The van der Waals surface area contributed by atoms with Crippen molar-refractivity contribution < 1.29 is 0 Å². The molecule has 10 aromatic rings. The summed E-state index contributed by atoms with van der Waals surface area (Å²) < 4.78 is 0. The van der Waals surface area contributed by atoms with Gasteiger partial charge in [0, 0.05) is 27.6 Å². The van der Waals surface area contributed by atoms with Crippen LogP contribution in [0.3, 0.4) is 0 Å². The Kier molecular flexibility index (Phi) is 8.51. The van der Waals surface area contributed by atoms with Crippen molar-refractivity contribution in [2.75, 3.05) is 0 Å². The van der Waals surface area contributed by atoms with Crippen molar-refractivity contribution in [2.24, 2.45) is 0 Å². The van der Waals surface area contributed by atoms with E-state index in [0.29, 0.717) is 5.82 Å². The van der Waals surface area contributed by atoms with Crippen molar-refractivity contribution in [1.82, 2.24) is 15.0 Å². The molecule has 0 saturated carbocycles. The molecule has 8 aromatic carbocycles. The first-order chi connectivity index (χ1) is 27.7. The van der Waals surface area contributed by atoms with Gasteiger partial charge >= 0.3 is 0 Å². The second-order valence-corrected chi connectivity index (χ2v) is 14.0. The summed E-state index contributed by atoms with van der Waals surface area (Å²) in [5.74, 6) is 0.680. The fraction of sp³-hybridized carbons (Fsp3) is 0. The number of hydrogen-bond acceptors (Lipinski definition) is 3. The Morgan fingerprint density at radius 3 is 1.21 bits per heavy atom. The van der Waals surface area contributed by atoms with Gasteiger partial charge < -0.3 is 0 Å². The fourth-order valence-corrected chi connectivity index (χ4v) is 7.61. The van der Waals surface area contributed by atoms with Crippen LogP contribution in [0, 0.1) is 0 Å². The third-order valence-electron chi connectivity index (χ3n) is 10.5. The molecule has 262 valence electrons. The van der Waals surface area contributed by atoms with Crippen molar-refractivity contribution in [1.29, 1.82) is 0 Å². The lowest BCUT2D eigenvalue weighted by atomic mass is 9.93. The Bertz CT molecular complexity index is 2860. The highest BCUT2D eigenvalue weighted by molar-refractivity contribution is 6.14. The van der Waals surface area contributed by atoms with E-state index in [0.717, 1.165) is 72.1 Å². The number of hydrogen-bond donors (Lipinski definition) is 0. The molecule has 2 heterocycles. The summed E-state index contributed by atoms with van der Waals surface area (Å²) in [6.45, 7) is 0. The summed E-state index contributed by atoms with van der Waals surface area (Å²) in [6.07, 6.45) is 0. The van der Waals surface area contributed by atoms with Gasteiger partial charge in [0.1, 0.15) is 0 Å². The molecule has 0 bridgehead atoms. The number of nitrogens with zero attached hydrogens (tertiary/aromatic N) is 3. The molecule has 0 atom stereocenters. The molecule has 0 aliphatic carbocycles. The summed E-state index contributed by atoms with van der Waals surface area (Å²) in [7, 11) is 0. The predicted octanol–water partition coefficient (Wildman–Crippen LogP) is 13.8. The molecule has 0 N–H and O–H groups in total. The van der Waals surface area contributed by atoms with Gasteiger partial charge in [0.25, 0.3) is 0 Å². The maximum absolute atomic E-state index is 5.22. The van der Waals surface area contributed by atoms with Gasteiger partial charge in [-0.15, -0.1) is 0 Å². The first kappa shape index (κ1) is 33.1. The third-order valence-corrected chi connectivity index (χ3v) is 10.5. The Morgan fingerprint density at radius 1 is 0.268 bits per heavy atom. The van der Waals surface area contributed by atoms with E-state index in [-0.39, 0.29) is 0 Å². The molecule has 0 radical (unpaired) electrons. The summed E-state index contributed by atoms with van der Waals surface area (Å²) in [6, 6.07) is 74.5. The minimum Gasteiger partial charge on any atom is -0.248 e. The molecule has 56 heavy (non-hydrogen) atoms. The first-order valence-electron chi connectivity index (χ1n) is 18.9. The number of rotatable bonds is 7. The van der Waals surface area contributed by atoms with Gasteiger partial charge in [0.05, 0.1) is 22.6 Å². The second-order valence-electron chi connectivity index (χ2n) is 14.0. The summed E-state index contributed by atoms with van der Waals surface area (Å²) >= 11 is 0. The van der Waals surface area contributed by atoms with Gasteiger partial charge in [-0.1, -0.05) is 188 Å². The van der Waals surface area contributed by atoms with Gasteiger partial charge in [-0.05, 0) is 68.4 Å². The van der Waals surface area contributed by atoms with Crippen LogP contribution in [0.1, 0.15) is 0 Å². The number of benzene rings is 8. The molecule has 10 rings (SSSR count). The van der Waals surface area contributed by atoms with Crippen LogP contribution in [0.15, 0.2) is 212 Å². The summed E-state index contributed by atoms with van der Waals surface area (Å²) in [5, 5.41) is 3.38. The van der Waals surface area contributed by atoms with E-state index in [1.54, 1.807) is 0 Å². The molecule has 0 spiro atoms. The van der Waals surface area contributed by atoms with Gasteiger partial charge in [-0.2, -0.15) is 0 Å². The predicted molar refractivity (Wildman–Crippen MR) is 233 cm³/mol. The van der Waals surface area contributed by atoms with E-state index in [2.05, 4.69) is 194 Å². The zero-order valence-electron chi connectivity index (χ0n) is 30.5. The van der Waals surface area contributed by atoms with E-state index in [4.69, 9.17) is 15.0 Å². The normalized spacial score (nSPS) is 11.2. The maximum Gasteiger partial charge on any atom is 0.160 e. The van der Waals surface area contributed by atoms with Crippen LogP contribution in [0.2, 0.25) is 0 Å². The molecule has 0 amide bonds. The summed E-state index contributed by atoms with van der Waals surface area (Å²) in [4.78, 5) is 15.6. The van der Waals surface area contributed by atoms with Gasteiger partial charge in [0.2, 0.25) is 0 Å². The second kappa shape index (κ2) is 14.4. The molecule has 0 fully saturated rings. The molecular weight excluding hydrogens is 679 g/mol. The Balaban J connectivity index is 1.11. The Morgan fingerprint density at radius 2 is 0.679 bits per heavy atom. The molecule has 0 aliphatic heterocycles. The third kappa shape index (κ3) is 6.42. The summed E-state index contributed by atoms with van der Waals surface area (Å²) in [5.41, 5.74) is 14.8. The highest BCUT2D eigenvalue weighted by Crippen LogP contribution is 2.38. The standard InChI is InChI=1S/C53H35N3/c1-5-13-36(14-6-1)38-21-25-42(26-22-38)50-35-51(43-27-23-39(24-28-43)37-15-7-2-8-16-37)56-53(55-50)45-29-31-46-44(33-45)30-32-48-52(46)47(40-17-9-3-10-18-40)34-49(54-48)41-19-11-4-12-20-41/h1-35H. The highest BCUT2D eigenvalue weighted by Gasteiger charge is 2.16. The molecule has 3 heteroatoms. The largest absolute Gasteiger partial charge is 0.248 e. The van der Waals surface area contributed by atoms with Crippen molar-refractivity contribution in [3.8, 4) is 78.5 Å². The van der Waals surface area contributed by atoms with Crippen LogP contribution in [-0.2, 0) is 0 Å². The molecule has 0 unspecified atom stereocenters. The highest BCUT2D eigenvalue weighted by atomic mass is 14.9. The topological polar surface area (TPSA) is 38.7 Å². The van der Waals surface area contributed by atoms with Crippen LogP contribution in [-0.4, -0.2) is 15.0 Å². The minimum atomic E-state index is 0.680. The van der Waals surface area contributed by atoms with Gasteiger partial charge in [-0.3, -0.25) is 0 Å². The fourth-order valence-electron chi connectivity index (χ4n) is 7.61. The molecule has 0 saturated heterocycles. The van der Waals surface area contributed by atoms with Crippen LogP contribution >= 0.6 is 0 Å². The minimum absolute atomic E-state index is 0.680. The molecular formula is C53H35N3. The quantitative estimate of drug-likeness (QED) is 0.154. The van der Waals surface area contributed by atoms with Crippen molar-refractivity contribution in [2.45, 2.75) is 0 Å². The van der Waals surface area contributed by atoms with Crippen molar-refractivity contribution in [3.05, 3.63) is 212 Å². The van der Waals surface area contributed by atoms with E-state index >= 15 is 0 Å². The zero-order chi connectivity index (χ0) is 37.3. The van der Waals surface area contributed by atoms with Crippen LogP contribution in [0.25, 0.3) is 100 Å². The van der Waals surface area contributed by atoms with Crippen molar-refractivity contribution >= 4 is 21.7 Å². The van der Waals surface area contributed by atoms with E-state index in [9.17, 15) is 0 Å². The number of fused-ring (bicyclic) bond motifs is 3. The van der Waals surface area contributed by atoms with Gasteiger partial charge in [0.15, 0.2) is 5.82 Å². The molecule has 2 aromatic heterocycles. The SMILES string of the molecule is c1ccc(-c2ccc(-c3cc(-c4ccc(-c5ccccc5)cc4)nc(-c4ccc5c(ccc6nc(-c7ccccc7)cc(-c7ccccc7)c65)c4)n3)cc2)cc1. The Labute approximate surface area is 326 Å². The zero-order valence-corrected chi connectivity index (χ0v) is 30.5. The maximum atomic E-state index is 5.22. The van der Waals surface area contributed by atoms with Crippen LogP contribution < -0.4 is 0 Å². The van der Waals surface area contributed by atoms with Gasteiger partial charge in [-0.25, -0.2) is 15.0 Å². The molecule has 0 aliphatic rings.